The molecule has 16 heavy (non-hydrogen) atoms. The topological polar surface area (TPSA) is 67.4 Å². The van der Waals surface area contributed by atoms with Crippen LogP contribution in [-0.2, 0) is 6.54 Å². The summed E-state index contributed by atoms with van der Waals surface area (Å²) in [4.78, 5) is 1.35. The van der Waals surface area contributed by atoms with E-state index in [1.54, 1.807) is 12.1 Å². The quantitative estimate of drug-likeness (QED) is 0.779. The van der Waals surface area contributed by atoms with Crippen molar-refractivity contribution < 1.29 is 4.39 Å². The molecule has 0 amide bonds. The fraction of sp³-hybridized carbons (Fsp3) is 0.200. The van der Waals surface area contributed by atoms with Crippen LogP contribution in [0.25, 0.3) is 11.4 Å². The van der Waals surface area contributed by atoms with Crippen molar-refractivity contribution in [2.24, 2.45) is 0 Å². The Kier molecular flexibility index (Phi) is 2.87. The van der Waals surface area contributed by atoms with E-state index in [9.17, 15) is 4.39 Å². The van der Waals surface area contributed by atoms with E-state index in [4.69, 9.17) is 5.26 Å². The molecule has 1 aromatic carbocycles. The number of tetrazole rings is 1. The minimum atomic E-state index is -0.305. The van der Waals surface area contributed by atoms with Gasteiger partial charge in [-0.25, -0.2) is 4.39 Å². The first kappa shape index (κ1) is 10.2. The predicted octanol–water partition coefficient (Wildman–Crippen LogP) is 1.39. The highest BCUT2D eigenvalue weighted by molar-refractivity contribution is 5.53. The van der Waals surface area contributed by atoms with Gasteiger partial charge in [-0.3, -0.25) is 0 Å². The van der Waals surface area contributed by atoms with Gasteiger partial charge in [-0.05, 0) is 29.5 Å². The average molecular weight is 217 g/mol. The summed E-state index contributed by atoms with van der Waals surface area (Å²) in [6.07, 6.45) is 0.333. The summed E-state index contributed by atoms with van der Waals surface area (Å²) in [7, 11) is 0. The van der Waals surface area contributed by atoms with E-state index in [2.05, 4.69) is 15.4 Å². The summed E-state index contributed by atoms with van der Waals surface area (Å²) in [6, 6.07) is 7.84. The Morgan fingerprint density at radius 2 is 2.06 bits per heavy atom. The van der Waals surface area contributed by atoms with E-state index in [-0.39, 0.29) is 5.82 Å². The van der Waals surface area contributed by atoms with Gasteiger partial charge >= 0.3 is 0 Å². The van der Waals surface area contributed by atoms with E-state index in [1.165, 1.54) is 16.9 Å². The summed E-state index contributed by atoms with van der Waals surface area (Å²) in [5.74, 6) is 0.124. The molecule has 1 aromatic heterocycles. The fourth-order valence-electron chi connectivity index (χ4n) is 1.20. The standard InChI is InChI=1S/C10H8FN5/c11-9-4-2-8(3-5-9)10-13-15-16(14-10)7-1-6-12/h2-5H,1,7H2. The maximum Gasteiger partial charge on any atom is 0.204 e. The van der Waals surface area contributed by atoms with Crippen LogP contribution < -0.4 is 0 Å². The van der Waals surface area contributed by atoms with E-state index in [0.717, 1.165) is 0 Å². The normalized spacial score (nSPS) is 10.0. The Bertz CT molecular complexity index is 511. The van der Waals surface area contributed by atoms with Crippen molar-refractivity contribution in [2.75, 3.05) is 0 Å². The van der Waals surface area contributed by atoms with Gasteiger partial charge in [0.2, 0.25) is 5.82 Å². The van der Waals surface area contributed by atoms with E-state index >= 15 is 0 Å². The third-order valence-electron chi connectivity index (χ3n) is 1.98. The van der Waals surface area contributed by atoms with Gasteiger partial charge in [0.25, 0.3) is 0 Å². The Morgan fingerprint density at radius 3 is 2.75 bits per heavy atom. The molecule has 2 rings (SSSR count). The lowest BCUT2D eigenvalue weighted by Gasteiger charge is -1.93. The molecule has 0 aliphatic heterocycles. The molecule has 1 heterocycles. The molecule has 0 atom stereocenters. The lowest BCUT2D eigenvalue weighted by molar-refractivity contribution is 0.531. The molecule has 5 nitrogen and oxygen atoms in total. The van der Waals surface area contributed by atoms with E-state index < -0.39 is 0 Å². The number of benzene rings is 1. The van der Waals surface area contributed by atoms with Gasteiger partial charge in [-0.15, -0.1) is 10.2 Å². The van der Waals surface area contributed by atoms with Crippen LogP contribution in [0.2, 0.25) is 0 Å². The van der Waals surface area contributed by atoms with Crippen LogP contribution >= 0.6 is 0 Å². The lowest BCUT2D eigenvalue weighted by atomic mass is 10.2. The molecule has 0 saturated heterocycles. The molecule has 0 spiro atoms. The van der Waals surface area contributed by atoms with Crippen LogP contribution in [0.4, 0.5) is 4.39 Å². The SMILES string of the molecule is N#CCCn1nnc(-c2ccc(F)cc2)n1. The Hall–Kier alpha value is -2.29. The second-order valence-electron chi connectivity index (χ2n) is 3.12. The van der Waals surface area contributed by atoms with E-state index in [1.807, 2.05) is 6.07 Å². The number of nitrogens with zero attached hydrogens (tertiary/aromatic N) is 5. The number of hydrogen-bond acceptors (Lipinski definition) is 4. The zero-order valence-corrected chi connectivity index (χ0v) is 8.34. The van der Waals surface area contributed by atoms with Gasteiger partial charge < -0.3 is 0 Å². The molecule has 6 heteroatoms. The number of aryl methyl sites for hydroxylation is 1. The second kappa shape index (κ2) is 4.49. The van der Waals surface area contributed by atoms with Gasteiger partial charge in [0.05, 0.1) is 19.0 Å². The molecule has 0 fully saturated rings. The van der Waals surface area contributed by atoms with Crippen molar-refractivity contribution in [1.29, 1.82) is 5.26 Å². The van der Waals surface area contributed by atoms with Crippen LogP contribution in [0, 0.1) is 17.1 Å². The highest BCUT2D eigenvalue weighted by Crippen LogP contribution is 2.13. The summed E-state index contributed by atoms with van der Waals surface area (Å²) in [5, 5.41) is 20.1. The highest BCUT2D eigenvalue weighted by atomic mass is 19.1. The highest BCUT2D eigenvalue weighted by Gasteiger charge is 2.05. The molecule has 0 aliphatic rings. The summed E-state index contributed by atoms with van der Waals surface area (Å²) in [5.41, 5.74) is 0.699. The first-order valence-electron chi connectivity index (χ1n) is 4.70. The molecule has 0 unspecified atom stereocenters. The molecule has 2 aromatic rings. The largest absolute Gasteiger partial charge is 0.207 e. The van der Waals surface area contributed by atoms with Crippen molar-refractivity contribution >= 4 is 0 Å². The Labute approximate surface area is 91.1 Å². The molecule has 0 saturated carbocycles. The number of halogens is 1. The van der Waals surface area contributed by atoms with E-state index in [0.29, 0.717) is 24.4 Å². The van der Waals surface area contributed by atoms with Gasteiger partial charge in [0, 0.05) is 5.56 Å². The molecular formula is C10H8FN5. The maximum atomic E-state index is 12.7. The number of hydrogen-bond donors (Lipinski definition) is 0. The molecule has 0 N–H and O–H groups in total. The minimum absolute atomic E-state index is 0.305. The minimum Gasteiger partial charge on any atom is -0.207 e. The van der Waals surface area contributed by atoms with Gasteiger partial charge in [-0.1, -0.05) is 0 Å². The number of aromatic nitrogens is 4. The van der Waals surface area contributed by atoms with Crippen molar-refractivity contribution in [2.45, 2.75) is 13.0 Å². The summed E-state index contributed by atoms with van der Waals surface area (Å²) >= 11 is 0. The Balaban J connectivity index is 2.18. The predicted molar refractivity (Wildman–Crippen MR) is 53.4 cm³/mol. The monoisotopic (exact) mass is 217 g/mol. The van der Waals surface area contributed by atoms with Crippen molar-refractivity contribution in [3.63, 3.8) is 0 Å². The average Bonchev–Trinajstić information content (AvgIpc) is 2.76. The van der Waals surface area contributed by atoms with Crippen molar-refractivity contribution in [1.82, 2.24) is 20.2 Å². The van der Waals surface area contributed by atoms with Gasteiger partial charge in [0.1, 0.15) is 5.82 Å². The van der Waals surface area contributed by atoms with Crippen LogP contribution in [-0.4, -0.2) is 20.2 Å². The third kappa shape index (κ3) is 2.20. The zero-order chi connectivity index (χ0) is 11.4. The van der Waals surface area contributed by atoms with Crippen LogP contribution in [0.15, 0.2) is 24.3 Å². The number of rotatable bonds is 3. The second-order valence-corrected chi connectivity index (χ2v) is 3.12. The molecule has 0 bridgehead atoms. The van der Waals surface area contributed by atoms with Gasteiger partial charge in [-0.2, -0.15) is 10.1 Å². The number of nitriles is 1. The molecule has 0 aliphatic carbocycles. The van der Waals surface area contributed by atoms with Crippen LogP contribution in [0.5, 0.6) is 0 Å². The summed E-state index contributed by atoms with van der Waals surface area (Å²) in [6.45, 7) is 0.407. The molecular weight excluding hydrogens is 209 g/mol. The fourth-order valence-corrected chi connectivity index (χ4v) is 1.20. The van der Waals surface area contributed by atoms with Crippen LogP contribution in [0.3, 0.4) is 0 Å². The third-order valence-corrected chi connectivity index (χ3v) is 1.98. The molecule has 0 radical (unpaired) electrons. The maximum absolute atomic E-state index is 12.7. The lowest BCUT2D eigenvalue weighted by Crippen LogP contribution is -2.01. The van der Waals surface area contributed by atoms with Crippen molar-refractivity contribution in [3.8, 4) is 17.5 Å². The smallest absolute Gasteiger partial charge is 0.204 e. The first-order valence-corrected chi connectivity index (χ1v) is 4.70. The van der Waals surface area contributed by atoms with Crippen molar-refractivity contribution in [3.05, 3.63) is 30.1 Å². The Morgan fingerprint density at radius 1 is 1.31 bits per heavy atom. The van der Waals surface area contributed by atoms with Crippen LogP contribution in [0.1, 0.15) is 6.42 Å². The zero-order valence-electron chi connectivity index (χ0n) is 8.34. The molecule has 80 valence electrons. The summed E-state index contributed by atoms with van der Waals surface area (Å²) < 4.78 is 12.7. The van der Waals surface area contributed by atoms with Gasteiger partial charge in [0.15, 0.2) is 0 Å². The first-order chi connectivity index (χ1) is 7.79.